The summed E-state index contributed by atoms with van der Waals surface area (Å²) in [5, 5.41) is 19.8. The quantitative estimate of drug-likeness (QED) is 0.529. The Balaban J connectivity index is 1.69. The van der Waals surface area contributed by atoms with Gasteiger partial charge >= 0.3 is 0 Å². The molecule has 4 rings (SSSR count). The highest BCUT2D eigenvalue weighted by Crippen LogP contribution is 2.21. The molecule has 7 nitrogen and oxygen atoms in total. The zero-order chi connectivity index (χ0) is 20.4. The maximum absolute atomic E-state index is 12.8. The summed E-state index contributed by atoms with van der Waals surface area (Å²) in [4.78, 5) is 19.1. The molecule has 1 fully saturated rings. The van der Waals surface area contributed by atoms with Crippen molar-refractivity contribution in [2.75, 3.05) is 20.1 Å². The van der Waals surface area contributed by atoms with Crippen LogP contribution in [0.25, 0.3) is 5.65 Å². The number of pyridine rings is 1. The van der Waals surface area contributed by atoms with Gasteiger partial charge in [-0.1, -0.05) is 0 Å². The van der Waals surface area contributed by atoms with Crippen molar-refractivity contribution in [3.8, 4) is 6.07 Å². The summed E-state index contributed by atoms with van der Waals surface area (Å²) in [6.45, 7) is 1.62. The van der Waals surface area contributed by atoms with E-state index in [1.807, 2.05) is 29.4 Å². The Hall–Kier alpha value is -3.50. The molecule has 3 heterocycles. The standard InChI is InChI=1S/C22H22N6O/c1-25-18-11-16(22(29)27-9-3-2-4-10-27)6-7-17(18)21(24)19-13-26-20-8-5-15(12-23)14-28(19)20/h5-8,11,13-14,24-25H,2-4,9-10H2,1H3/p+1. The molecule has 0 bridgehead atoms. The largest absolute Gasteiger partial charge is 0.339 e. The predicted molar refractivity (Wildman–Crippen MR) is 110 cm³/mol. The number of nitrogens with two attached hydrogens (primary N) is 1. The number of nitrogens with zero attached hydrogens (tertiary/aromatic N) is 4. The van der Waals surface area contributed by atoms with E-state index in [-0.39, 0.29) is 5.91 Å². The molecule has 0 aliphatic carbocycles. The highest BCUT2D eigenvalue weighted by Gasteiger charge is 2.22. The molecule has 3 N–H and O–H groups in total. The Labute approximate surface area is 169 Å². The molecule has 0 spiro atoms. The van der Waals surface area contributed by atoms with Gasteiger partial charge in [0.05, 0.1) is 35.8 Å². The van der Waals surface area contributed by atoms with Gasteiger partial charge in [0.1, 0.15) is 17.4 Å². The number of likely N-dealkylation sites (tertiary alicyclic amines) is 1. The Bertz CT molecular complexity index is 1130. The minimum atomic E-state index is 0.0549. The van der Waals surface area contributed by atoms with E-state index in [9.17, 15) is 10.1 Å². The Kier molecular flexibility index (Phi) is 5.10. The first kappa shape index (κ1) is 18.8. The van der Waals surface area contributed by atoms with Crippen molar-refractivity contribution in [3.63, 3.8) is 0 Å². The summed E-state index contributed by atoms with van der Waals surface area (Å²) in [6, 6.07) is 11.1. The van der Waals surface area contributed by atoms with Crippen LogP contribution in [0.15, 0.2) is 42.7 Å². The molecule has 146 valence electrons. The summed E-state index contributed by atoms with van der Waals surface area (Å²) < 4.78 is 1.76. The summed E-state index contributed by atoms with van der Waals surface area (Å²) in [6.07, 6.45) is 6.63. The number of amides is 1. The van der Waals surface area contributed by atoms with E-state index in [2.05, 4.69) is 11.1 Å². The first-order chi connectivity index (χ1) is 14.1. The van der Waals surface area contributed by atoms with Crippen LogP contribution in [0.4, 0.5) is 5.69 Å². The molecule has 7 heteroatoms. The summed E-state index contributed by atoms with van der Waals surface area (Å²) >= 11 is 0. The van der Waals surface area contributed by atoms with Crippen molar-refractivity contribution < 1.29 is 10.1 Å². The molecule has 0 atom stereocenters. The lowest BCUT2D eigenvalue weighted by atomic mass is 10.0. The van der Waals surface area contributed by atoms with Crippen molar-refractivity contribution in [1.82, 2.24) is 14.3 Å². The molecular weight excluding hydrogens is 364 g/mol. The Morgan fingerprint density at radius 2 is 2.00 bits per heavy atom. The van der Waals surface area contributed by atoms with Gasteiger partial charge in [0, 0.05) is 30.9 Å². The molecule has 3 aromatic rings. The fraction of sp³-hybridized carbons (Fsp3) is 0.273. The van der Waals surface area contributed by atoms with Crippen LogP contribution in [0.1, 0.15) is 46.4 Å². The lowest BCUT2D eigenvalue weighted by Crippen LogP contribution is -2.73. The number of piperidine rings is 1. The first-order valence-corrected chi connectivity index (χ1v) is 9.81. The number of quaternary nitrogens is 1. The molecule has 1 aromatic carbocycles. The van der Waals surface area contributed by atoms with Gasteiger partial charge < -0.3 is 10.2 Å². The summed E-state index contributed by atoms with van der Waals surface area (Å²) in [5.74, 6) is 0.0549. The van der Waals surface area contributed by atoms with Gasteiger partial charge in [-0.05, 0) is 43.5 Å². The van der Waals surface area contributed by atoms with Crippen LogP contribution in [0.5, 0.6) is 0 Å². The zero-order valence-electron chi connectivity index (χ0n) is 16.4. The first-order valence-electron chi connectivity index (χ1n) is 9.81. The van der Waals surface area contributed by atoms with Crippen LogP contribution in [-0.4, -0.2) is 46.0 Å². The normalized spacial score (nSPS) is 14.0. The maximum Gasteiger partial charge on any atom is 0.254 e. The van der Waals surface area contributed by atoms with Crippen LogP contribution in [-0.2, 0) is 0 Å². The van der Waals surface area contributed by atoms with Crippen LogP contribution < -0.4 is 5.32 Å². The second-order valence-electron chi connectivity index (χ2n) is 7.22. The van der Waals surface area contributed by atoms with Crippen molar-refractivity contribution >= 4 is 23.0 Å². The number of nitrogens with one attached hydrogen (secondary N) is 1. The van der Waals surface area contributed by atoms with Crippen LogP contribution in [0.3, 0.4) is 0 Å². The number of hydrogen-bond acceptors (Lipinski definition) is 4. The average Bonchev–Trinajstić information content (AvgIpc) is 3.21. The van der Waals surface area contributed by atoms with Crippen LogP contribution in [0.2, 0.25) is 0 Å². The minimum absolute atomic E-state index is 0.0549. The predicted octanol–water partition coefficient (Wildman–Crippen LogP) is 2.07. The van der Waals surface area contributed by atoms with Gasteiger partial charge in [0.25, 0.3) is 5.91 Å². The summed E-state index contributed by atoms with van der Waals surface area (Å²) in [7, 11) is 1.91. The molecule has 1 aliphatic heterocycles. The van der Waals surface area contributed by atoms with E-state index in [1.54, 1.807) is 35.0 Å². The zero-order valence-corrected chi connectivity index (χ0v) is 16.4. The number of aromatic nitrogens is 2. The lowest BCUT2D eigenvalue weighted by molar-refractivity contribution is -0.539. The molecule has 0 radical (unpaired) electrons. The molecule has 1 aliphatic rings. The second-order valence-corrected chi connectivity index (χ2v) is 7.22. The topological polar surface area (TPSA) is 102 Å². The molecule has 2 aromatic heterocycles. The number of imidazole rings is 1. The molecule has 29 heavy (non-hydrogen) atoms. The van der Waals surface area contributed by atoms with E-state index in [0.717, 1.165) is 37.2 Å². The molecule has 0 unspecified atom stereocenters. The van der Waals surface area contributed by atoms with Gasteiger partial charge in [-0.2, -0.15) is 5.26 Å². The SMILES string of the molecule is C[NH2+]c1cc(C(=O)N2CCCCC2)ccc1C(=N)c1cnc2ccc(C#N)cn12. The maximum atomic E-state index is 12.8. The number of carbonyl (C=O) groups excluding carboxylic acids is 1. The highest BCUT2D eigenvalue weighted by atomic mass is 16.2. The van der Waals surface area contributed by atoms with Crippen LogP contribution >= 0.6 is 0 Å². The van der Waals surface area contributed by atoms with Crippen molar-refractivity contribution in [2.45, 2.75) is 19.3 Å². The highest BCUT2D eigenvalue weighted by molar-refractivity contribution is 6.13. The number of hydrogen-bond donors (Lipinski definition) is 2. The van der Waals surface area contributed by atoms with Crippen LogP contribution in [0, 0.1) is 16.7 Å². The van der Waals surface area contributed by atoms with E-state index < -0.39 is 0 Å². The number of fused-ring (bicyclic) bond motifs is 1. The third-order valence-electron chi connectivity index (χ3n) is 5.41. The van der Waals surface area contributed by atoms with Gasteiger partial charge in [-0.15, -0.1) is 0 Å². The number of rotatable bonds is 4. The van der Waals surface area contributed by atoms with E-state index in [1.165, 1.54) is 6.42 Å². The van der Waals surface area contributed by atoms with E-state index in [4.69, 9.17) is 5.41 Å². The molecule has 0 saturated carbocycles. The molecular formula is C22H23N6O+. The monoisotopic (exact) mass is 387 g/mol. The second kappa shape index (κ2) is 7.86. The third kappa shape index (κ3) is 3.50. The minimum Gasteiger partial charge on any atom is -0.339 e. The van der Waals surface area contributed by atoms with Gasteiger partial charge in [0.15, 0.2) is 0 Å². The van der Waals surface area contributed by atoms with Crippen molar-refractivity contribution in [1.29, 1.82) is 10.7 Å². The van der Waals surface area contributed by atoms with Gasteiger partial charge in [-0.3, -0.25) is 14.6 Å². The summed E-state index contributed by atoms with van der Waals surface area (Å²) in [5.41, 5.74) is 4.32. The molecule has 1 saturated heterocycles. The van der Waals surface area contributed by atoms with E-state index >= 15 is 0 Å². The number of benzene rings is 1. The van der Waals surface area contributed by atoms with Crippen molar-refractivity contribution in [3.05, 3.63) is 65.1 Å². The third-order valence-corrected chi connectivity index (χ3v) is 5.41. The Morgan fingerprint density at radius 3 is 2.72 bits per heavy atom. The Morgan fingerprint density at radius 1 is 1.21 bits per heavy atom. The lowest BCUT2D eigenvalue weighted by Gasteiger charge is -2.26. The van der Waals surface area contributed by atoms with Crippen molar-refractivity contribution in [2.24, 2.45) is 0 Å². The average molecular weight is 387 g/mol. The fourth-order valence-electron chi connectivity index (χ4n) is 3.81. The van der Waals surface area contributed by atoms with Gasteiger partial charge in [0.2, 0.25) is 0 Å². The number of carbonyl (C=O) groups is 1. The van der Waals surface area contributed by atoms with E-state index in [0.29, 0.717) is 28.2 Å². The van der Waals surface area contributed by atoms with Gasteiger partial charge in [-0.25, -0.2) is 4.98 Å². The molecule has 1 amide bonds. The fourth-order valence-corrected chi connectivity index (χ4v) is 3.81. The number of nitriles is 1. The smallest absolute Gasteiger partial charge is 0.254 e.